The number of esters is 1. The van der Waals surface area contributed by atoms with Crippen molar-refractivity contribution in [2.45, 2.75) is 13.8 Å². The predicted octanol–water partition coefficient (Wildman–Crippen LogP) is 3.03. The van der Waals surface area contributed by atoms with Crippen molar-refractivity contribution in [1.29, 1.82) is 0 Å². The zero-order chi connectivity index (χ0) is 21.1. The Kier molecular flexibility index (Phi) is 5.54. The molecule has 3 rings (SSSR count). The lowest BCUT2D eigenvalue weighted by atomic mass is 10.0. The fourth-order valence-electron chi connectivity index (χ4n) is 2.75. The van der Waals surface area contributed by atoms with Gasteiger partial charge in [0.1, 0.15) is 11.5 Å². The van der Waals surface area contributed by atoms with Gasteiger partial charge in [0.2, 0.25) is 0 Å². The van der Waals surface area contributed by atoms with Crippen molar-refractivity contribution in [1.82, 2.24) is 9.78 Å². The molecule has 1 amide bonds. The average Bonchev–Trinajstić information content (AvgIpc) is 2.71. The largest absolute Gasteiger partial charge is 0.465 e. The van der Waals surface area contributed by atoms with Crippen molar-refractivity contribution in [3.8, 4) is 5.69 Å². The number of aryl methyl sites for hydroxylation is 1. The Morgan fingerprint density at radius 2 is 1.76 bits per heavy atom. The minimum absolute atomic E-state index is 0.0215. The third-order valence-electron chi connectivity index (χ3n) is 4.43. The molecule has 0 aliphatic carbocycles. The second-order valence-electron chi connectivity index (χ2n) is 6.36. The molecule has 0 saturated heterocycles. The Morgan fingerprint density at radius 3 is 2.41 bits per heavy atom. The van der Waals surface area contributed by atoms with Crippen LogP contribution in [-0.4, -0.2) is 28.8 Å². The van der Waals surface area contributed by atoms with E-state index in [0.29, 0.717) is 16.9 Å². The average molecular weight is 395 g/mol. The number of rotatable bonds is 4. The van der Waals surface area contributed by atoms with E-state index in [1.165, 1.54) is 49.6 Å². The number of halogens is 1. The van der Waals surface area contributed by atoms with Crippen LogP contribution < -0.4 is 10.9 Å². The lowest BCUT2D eigenvalue weighted by Gasteiger charge is -2.12. The number of anilines is 1. The van der Waals surface area contributed by atoms with Gasteiger partial charge in [0.05, 0.1) is 18.4 Å². The Morgan fingerprint density at radius 1 is 1.07 bits per heavy atom. The molecule has 1 aromatic heterocycles. The van der Waals surface area contributed by atoms with Gasteiger partial charge < -0.3 is 10.1 Å². The molecule has 8 heteroatoms. The number of hydrogen-bond acceptors (Lipinski definition) is 5. The number of benzene rings is 2. The van der Waals surface area contributed by atoms with Crippen molar-refractivity contribution in [2.75, 3.05) is 12.4 Å². The first-order chi connectivity index (χ1) is 13.8. The number of hydrogen-bond donors (Lipinski definition) is 1. The molecule has 0 bridgehead atoms. The van der Waals surface area contributed by atoms with Crippen LogP contribution in [0.15, 0.2) is 53.3 Å². The van der Waals surface area contributed by atoms with E-state index < -0.39 is 23.3 Å². The number of carbonyl (C=O) groups excluding carboxylic acids is 2. The van der Waals surface area contributed by atoms with Gasteiger partial charge in [0, 0.05) is 11.8 Å². The molecule has 29 heavy (non-hydrogen) atoms. The highest BCUT2D eigenvalue weighted by Gasteiger charge is 2.16. The highest BCUT2D eigenvalue weighted by molar-refractivity contribution is 6.03. The number of aromatic nitrogens is 2. The summed E-state index contributed by atoms with van der Waals surface area (Å²) in [5.41, 5.74) is 2.11. The highest BCUT2D eigenvalue weighted by Crippen LogP contribution is 2.21. The van der Waals surface area contributed by atoms with E-state index in [0.717, 1.165) is 15.8 Å². The van der Waals surface area contributed by atoms with Crippen molar-refractivity contribution in [3.05, 3.63) is 87.1 Å². The quantitative estimate of drug-likeness (QED) is 0.686. The van der Waals surface area contributed by atoms with Crippen LogP contribution in [-0.2, 0) is 4.74 Å². The van der Waals surface area contributed by atoms with Gasteiger partial charge in [-0.05, 0) is 67.4 Å². The molecule has 2 aromatic carbocycles. The van der Waals surface area contributed by atoms with E-state index in [1.807, 2.05) is 6.92 Å². The maximum Gasteiger partial charge on any atom is 0.338 e. The van der Waals surface area contributed by atoms with Gasteiger partial charge in [-0.3, -0.25) is 9.59 Å². The second kappa shape index (κ2) is 8.05. The summed E-state index contributed by atoms with van der Waals surface area (Å²) in [6, 6.07) is 10.9. The van der Waals surface area contributed by atoms with Crippen LogP contribution in [0.4, 0.5) is 10.1 Å². The molecule has 0 radical (unpaired) electrons. The van der Waals surface area contributed by atoms with Crippen LogP contribution in [0, 0.1) is 19.7 Å². The molecule has 148 valence electrons. The monoisotopic (exact) mass is 395 g/mol. The van der Waals surface area contributed by atoms with E-state index in [4.69, 9.17) is 4.74 Å². The van der Waals surface area contributed by atoms with Gasteiger partial charge in [0.25, 0.3) is 11.5 Å². The van der Waals surface area contributed by atoms with Crippen molar-refractivity contribution in [3.63, 3.8) is 0 Å². The normalized spacial score (nSPS) is 10.5. The summed E-state index contributed by atoms with van der Waals surface area (Å²) in [6.07, 6.45) is 0. The van der Waals surface area contributed by atoms with Gasteiger partial charge in [-0.25, -0.2) is 9.18 Å². The molecule has 0 saturated carbocycles. The molecule has 0 fully saturated rings. The summed E-state index contributed by atoms with van der Waals surface area (Å²) in [5.74, 6) is -1.53. The number of methoxy groups -OCH3 is 1. The molecule has 0 atom stereocenters. The minimum atomic E-state index is -0.570. The van der Waals surface area contributed by atoms with E-state index in [2.05, 4.69) is 10.4 Å². The first-order valence-corrected chi connectivity index (χ1v) is 8.67. The third kappa shape index (κ3) is 4.21. The molecule has 0 spiro atoms. The Hall–Kier alpha value is -3.81. The van der Waals surface area contributed by atoms with Gasteiger partial charge in [-0.15, -0.1) is 0 Å². The van der Waals surface area contributed by atoms with Crippen molar-refractivity contribution in [2.24, 2.45) is 0 Å². The van der Waals surface area contributed by atoms with Crippen molar-refractivity contribution < 1.29 is 18.7 Å². The molecule has 0 aliphatic rings. The summed E-state index contributed by atoms with van der Waals surface area (Å²) >= 11 is 0. The summed E-state index contributed by atoms with van der Waals surface area (Å²) in [7, 11) is 1.28. The minimum Gasteiger partial charge on any atom is -0.465 e. The van der Waals surface area contributed by atoms with Crippen LogP contribution in [0.25, 0.3) is 5.69 Å². The maximum atomic E-state index is 13.1. The predicted molar refractivity (Wildman–Crippen MR) is 105 cm³/mol. The Bertz CT molecular complexity index is 1150. The first-order valence-electron chi connectivity index (χ1n) is 8.67. The molecule has 1 N–H and O–H groups in total. The zero-order valence-electron chi connectivity index (χ0n) is 16.0. The van der Waals surface area contributed by atoms with E-state index in [1.54, 1.807) is 13.0 Å². The summed E-state index contributed by atoms with van der Waals surface area (Å²) in [4.78, 5) is 36.7. The van der Waals surface area contributed by atoms with E-state index >= 15 is 0 Å². The summed E-state index contributed by atoms with van der Waals surface area (Å²) in [5, 5.41) is 6.73. The number of amides is 1. The number of ether oxygens (including phenoxy) is 1. The van der Waals surface area contributed by atoms with E-state index in [-0.39, 0.29) is 5.69 Å². The Labute approximate surface area is 165 Å². The lowest BCUT2D eigenvalue weighted by Crippen LogP contribution is -2.25. The highest BCUT2D eigenvalue weighted by atomic mass is 19.1. The molecular formula is C21H18FN3O4. The van der Waals surface area contributed by atoms with Crippen LogP contribution in [0.2, 0.25) is 0 Å². The van der Waals surface area contributed by atoms with E-state index in [9.17, 15) is 18.8 Å². The molecular weight excluding hydrogens is 377 g/mol. The smallest absolute Gasteiger partial charge is 0.338 e. The fraction of sp³-hybridized carbons (Fsp3) is 0.143. The maximum absolute atomic E-state index is 13.1. The second-order valence-corrected chi connectivity index (χ2v) is 6.36. The summed E-state index contributed by atoms with van der Waals surface area (Å²) < 4.78 is 18.9. The van der Waals surface area contributed by atoms with Crippen LogP contribution in [0.3, 0.4) is 0 Å². The van der Waals surface area contributed by atoms with Crippen molar-refractivity contribution >= 4 is 17.6 Å². The zero-order valence-corrected chi connectivity index (χ0v) is 16.0. The third-order valence-corrected chi connectivity index (χ3v) is 4.43. The first kappa shape index (κ1) is 19.9. The molecule has 0 aliphatic heterocycles. The number of carbonyl (C=O) groups is 2. The standard InChI is InChI=1S/C21H18FN3O4/c1-12-10-15(11-17(13(12)2)21(28)29-3)23-20(27)18-8-9-19(26)25(24-18)16-6-4-14(22)5-7-16/h4-11H,1-3H3,(H,23,27). The summed E-state index contributed by atoms with van der Waals surface area (Å²) in [6.45, 7) is 3.59. The van der Waals surface area contributed by atoms with Crippen LogP contribution in [0.5, 0.6) is 0 Å². The molecule has 3 aromatic rings. The number of nitrogens with zero attached hydrogens (tertiary/aromatic N) is 2. The fourth-order valence-corrected chi connectivity index (χ4v) is 2.75. The Balaban J connectivity index is 1.93. The topological polar surface area (TPSA) is 90.3 Å². The molecule has 7 nitrogen and oxygen atoms in total. The van der Waals surface area contributed by atoms with Gasteiger partial charge >= 0.3 is 5.97 Å². The molecule has 0 unspecified atom stereocenters. The van der Waals surface area contributed by atoms with Gasteiger partial charge in [0.15, 0.2) is 0 Å². The van der Waals surface area contributed by atoms with Crippen LogP contribution in [0.1, 0.15) is 32.0 Å². The SMILES string of the molecule is COC(=O)c1cc(NC(=O)c2ccc(=O)n(-c3ccc(F)cc3)n2)cc(C)c1C. The lowest BCUT2D eigenvalue weighted by molar-refractivity contribution is 0.0599. The van der Waals surface area contributed by atoms with Crippen LogP contribution >= 0.6 is 0 Å². The van der Waals surface area contributed by atoms with Gasteiger partial charge in [-0.2, -0.15) is 9.78 Å². The molecule has 1 heterocycles. The number of nitrogens with one attached hydrogen (secondary N) is 1. The van der Waals surface area contributed by atoms with Gasteiger partial charge in [-0.1, -0.05) is 0 Å².